The molecule has 0 aromatic carbocycles. The van der Waals surface area contributed by atoms with E-state index in [4.69, 9.17) is 5.73 Å². The summed E-state index contributed by atoms with van der Waals surface area (Å²) in [6, 6.07) is 4.73. The van der Waals surface area contributed by atoms with E-state index in [1.54, 1.807) is 12.4 Å². The minimum Gasteiger partial charge on any atom is -0.398 e. The number of nitrogens with one attached hydrogen (secondary N) is 1. The molecule has 0 bridgehead atoms. The SMILES string of the molecule is Cc1ccncc1CNC(=O)Cn1cc(N)ccc1=O. The average molecular weight is 272 g/mol. The predicted molar refractivity (Wildman–Crippen MR) is 75.9 cm³/mol. The van der Waals surface area contributed by atoms with Gasteiger partial charge in [-0.15, -0.1) is 0 Å². The first kappa shape index (κ1) is 13.8. The largest absolute Gasteiger partial charge is 0.398 e. The van der Waals surface area contributed by atoms with Gasteiger partial charge in [0.1, 0.15) is 6.54 Å². The molecule has 0 saturated carbocycles. The molecular formula is C14H16N4O2. The van der Waals surface area contributed by atoms with Gasteiger partial charge in [0.05, 0.1) is 0 Å². The Balaban J connectivity index is 1.98. The summed E-state index contributed by atoms with van der Waals surface area (Å²) in [5.74, 6) is -0.249. The molecule has 104 valence electrons. The van der Waals surface area contributed by atoms with Gasteiger partial charge in [-0.1, -0.05) is 0 Å². The van der Waals surface area contributed by atoms with Gasteiger partial charge in [0.2, 0.25) is 5.91 Å². The number of carbonyl (C=O) groups is 1. The molecule has 20 heavy (non-hydrogen) atoms. The predicted octanol–water partition coefficient (Wildman–Crippen LogP) is 0.450. The van der Waals surface area contributed by atoms with Gasteiger partial charge in [-0.05, 0) is 30.2 Å². The maximum absolute atomic E-state index is 11.8. The van der Waals surface area contributed by atoms with Gasteiger partial charge in [-0.25, -0.2) is 0 Å². The number of nitrogen functional groups attached to an aromatic ring is 1. The van der Waals surface area contributed by atoms with Crippen LogP contribution in [0.1, 0.15) is 11.1 Å². The van der Waals surface area contributed by atoms with Crippen LogP contribution in [0.15, 0.2) is 41.6 Å². The van der Waals surface area contributed by atoms with Crippen molar-refractivity contribution in [1.82, 2.24) is 14.9 Å². The Labute approximate surface area is 116 Å². The van der Waals surface area contributed by atoms with Crippen molar-refractivity contribution in [3.63, 3.8) is 0 Å². The molecule has 0 radical (unpaired) electrons. The first-order valence-electron chi connectivity index (χ1n) is 6.18. The number of carbonyl (C=O) groups excluding carboxylic acids is 1. The van der Waals surface area contributed by atoms with Crippen LogP contribution in [0.3, 0.4) is 0 Å². The molecule has 0 aliphatic heterocycles. The molecule has 1 amide bonds. The number of nitrogens with zero attached hydrogens (tertiary/aromatic N) is 2. The molecular weight excluding hydrogens is 256 g/mol. The van der Waals surface area contributed by atoms with E-state index in [1.165, 1.54) is 22.9 Å². The second-order valence-corrected chi connectivity index (χ2v) is 4.51. The van der Waals surface area contributed by atoms with Crippen LogP contribution >= 0.6 is 0 Å². The van der Waals surface area contributed by atoms with Crippen molar-refractivity contribution < 1.29 is 4.79 Å². The van der Waals surface area contributed by atoms with Crippen molar-refractivity contribution in [2.75, 3.05) is 5.73 Å². The Kier molecular flexibility index (Phi) is 4.14. The van der Waals surface area contributed by atoms with Crippen LogP contribution in [-0.2, 0) is 17.9 Å². The first-order chi connectivity index (χ1) is 9.56. The van der Waals surface area contributed by atoms with E-state index < -0.39 is 0 Å². The van der Waals surface area contributed by atoms with E-state index in [1.807, 2.05) is 13.0 Å². The Morgan fingerprint density at radius 1 is 1.40 bits per heavy atom. The number of anilines is 1. The van der Waals surface area contributed by atoms with Gasteiger partial charge < -0.3 is 15.6 Å². The van der Waals surface area contributed by atoms with Crippen LogP contribution in [0.5, 0.6) is 0 Å². The van der Waals surface area contributed by atoms with Crippen LogP contribution in [0.25, 0.3) is 0 Å². The Bertz CT molecular complexity index is 679. The lowest BCUT2D eigenvalue weighted by Gasteiger charge is -2.09. The highest BCUT2D eigenvalue weighted by atomic mass is 16.2. The van der Waals surface area contributed by atoms with E-state index in [2.05, 4.69) is 10.3 Å². The van der Waals surface area contributed by atoms with Crippen molar-refractivity contribution >= 4 is 11.6 Å². The third kappa shape index (κ3) is 3.44. The van der Waals surface area contributed by atoms with Crippen LogP contribution < -0.4 is 16.6 Å². The summed E-state index contributed by atoms with van der Waals surface area (Å²) in [6.07, 6.45) is 4.87. The fraction of sp³-hybridized carbons (Fsp3) is 0.214. The van der Waals surface area contributed by atoms with E-state index >= 15 is 0 Å². The quantitative estimate of drug-likeness (QED) is 0.845. The van der Waals surface area contributed by atoms with E-state index in [0.29, 0.717) is 12.2 Å². The van der Waals surface area contributed by atoms with Gasteiger partial charge in [-0.3, -0.25) is 14.6 Å². The van der Waals surface area contributed by atoms with Crippen molar-refractivity contribution in [2.45, 2.75) is 20.0 Å². The standard InChI is InChI=1S/C14H16N4O2/c1-10-4-5-16-6-11(10)7-17-13(19)9-18-8-12(15)2-3-14(18)20/h2-6,8H,7,9,15H2,1H3,(H,17,19). The second-order valence-electron chi connectivity index (χ2n) is 4.51. The molecule has 0 unspecified atom stereocenters. The number of aryl methyl sites for hydroxylation is 1. The third-order valence-corrected chi connectivity index (χ3v) is 2.94. The molecule has 0 aliphatic rings. The van der Waals surface area contributed by atoms with Crippen LogP contribution in [0.2, 0.25) is 0 Å². The maximum atomic E-state index is 11.8. The monoisotopic (exact) mass is 272 g/mol. The summed E-state index contributed by atoms with van der Waals surface area (Å²) in [4.78, 5) is 27.4. The second kappa shape index (κ2) is 6.01. The number of hydrogen-bond donors (Lipinski definition) is 2. The number of nitrogens with two attached hydrogens (primary N) is 1. The minimum atomic E-state index is -0.257. The van der Waals surface area contributed by atoms with E-state index in [0.717, 1.165) is 11.1 Å². The van der Waals surface area contributed by atoms with Crippen LogP contribution in [0.4, 0.5) is 5.69 Å². The third-order valence-electron chi connectivity index (χ3n) is 2.94. The summed E-state index contributed by atoms with van der Waals surface area (Å²) < 4.78 is 1.28. The van der Waals surface area contributed by atoms with Gasteiger partial charge >= 0.3 is 0 Å². The molecule has 3 N–H and O–H groups in total. The summed E-state index contributed by atoms with van der Waals surface area (Å²) in [5.41, 5.74) is 7.78. The summed E-state index contributed by atoms with van der Waals surface area (Å²) in [7, 11) is 0. The number of amides is 1. The lowest BCUT2D eigenvalue weighted by Crippen LogP contribution is -2.31. The molecule has 0 atom stereocenters. The van der Waals surface area contributed by atoms with Gasteiger partial charge in [0.15, 0.2) is 0 Å². The van der Waals surface area contributed by atoms with Crippen molar-refractivity contribution in [3.05, 3.63) is 58.3 Å². The topological polar surface area (TPSA) is 90.0 Å². The Morgan fingerprint density at radius 3 is 2.95 bits per heavy atom. The summed E-state index contributed by atoms with van der Waals surface area (Å²) >= 11 is 0. The fourth-order valence-electron chi connectivity index (χ4n) is 1.76. The van der Waals surface area contributed by atoms with Gasteiger partial charge in [-0.2, -0.15) is 0 Å². The smallest absolute Gasteiger partial charge is 0.251 e. The lowest BCUT2D eigenvalue weighted by molar-refractivity contribution is -0.121. The molecule has 6 heteroatoms. The molecule has 0 saturated heterocycles. The highest BCUT2D eigenvalue weighted by molar-refractivity contribution is 5.75. The number of pyridine rings is 2. The van der Waals surface area contributed by atoms with Crippen molar-refractivity contribution in [2.24, 2.45) is 0 Å². The zero-order valence-electron chi connectivity index (χ0n) is 11.2. The molecule has 2 aromatic rings. The van der Waals surface area contributed by atoms with Crippen molar-refractivity contribution in [3.8, 4) is 0 Å². The molecule has 2 aromatic heterocycles. The molecule has 2 heterocycles. The summed E-state index contributed by atoms with van der Waals surface area (Å²) in [6.45, 7) is 2.28. The van der Waals surface area contributed by atoms with Crippen molar-refractivity contribution in [1.29, 1.82) is 0 Å². The first-order valence-corrected chi connectivity index (χ1v) is 6.18. The van der Waals surface area contributed by atoms with Gasteiger partial charge in [0.25, 0.3) is 5.56 Å². The molecule has 2 rings (SSSR count). The Hall–Kier alpha value is -2.63. The molecule has 6 nitrogen and oxygen atoms in total. The van der Waals surface area contributed by atoms with Crippen LogP contribution in [-0.4, -0.2) is 15.5 Å². The molecule has 0 spiro atoms. The maximum Gasteiger partial charge on any atom is 0.251 e. The van der Waals surface area contributed by atoms with E-state index in [9.17, 15) is 9.59 Å². The zero-order valence-corrected chi connectivity index (χ0v) is 11.2. The van der Waals surface area contributed by atoms with Gasteiger partial charge in [0, 0.05) is 36.9 Å². The molecule has 0 aliphatic carbocycles. The number of rotatable bonds is 4. The van der Waals surface area contributed by atoms with E-state index in [-0.39, 0.29) is 18.0 Å². The average Bonchev–Trinajstić information content (AvgIpc) is 2.42. The Morgan fingerprint density at radius 2 is 2.20 bits per heavy atom. The number of aromatic nitrogens is 2. The highest BCUT2D eigenvalue weighted by Crippen LogP contribution is 2.04. The molecule has 0 fully saturated rings. The highest BCUT2D eigenvalue weighted by Gasteiger charge is 2.05. The lowest BCUT2D eigenvalue weighted by atomic mass is 10.1. The van der Waals surface area contributed by atoms with Crippen LogP contribution in [0, 0.1) is 6.92 Å². The normalized spacial score (nSPS) is 10.2. The number of hydrogen-bond acceptors (Lipinski definition) is 4. The fourth-order valence-corrected chi connectivity index (χ4v) is 1.76. The summed E-state index contributed by atoms with van der Waals surface area (Å²) in [5, 5.41) is 2.76. The zero-order chi connectivity index (χ0) is 14.5. The minimum absolute atomic E-state index is 0.0524.